The van der Waals surface area contributed by atoms with Crippen molar-refractivity contribution in [3.63, 3.8) is 0 Å². The number of pyridine rings is 1. The molecule has 0 radical (unpaired) electrons. The molecule has 5 rings (SSSR count). The predicted octanol–water partition coefficient (Wildman–Crippen LogP) is 4.13. The Hall–Kier alpha value is -2.05. The first-order valence-corrected chi connectivity index (χ1v) is 11.4. The van der Waals surface area contributed by atoms with E-state index in [-0.39, 0.29) is 17.9 Å². The fraction of sp³-hybridized carbons (Fsp3) is 0.478. The Bertz CT molecular complexity index is 830. The monoisotopic (exact) mass is 411 g/mol. The number of piperidine rings is 1. The number of nitrogens with two attached hydrogens (primary N) is 1. The molecular weight excluding hydrogens is 382 g/mol. The number of carboxylic acid groups (broad SMARTS) is 1. The predicted molar refractivity (Wildman–Crippen MR) is 117 cm³/mol. The van der Waals surface area contributed by atoms with Crippen LogP contribution in [0.4, 0.5) is 5.69 Å². The van der Waals surface area contributed by atoms with Crippen molar-refractivity contribution in [3.8, 4) is 0 Å². The normalized spacial score (nSPS) is 22.0. The third-order valence-electron chi connectivity index (χ3n) is 6.60. The highest BCUT2D eigenvalue weighted by molar-refractivity contribution is 7.99. The van der Waals surface area contributed by atoms with Gasteiger partial charge in [-0.2, -0.15) is 0 Å². The molecule has 3 aliphatic rings. The summed E-state index contributed by atoms with van der Waals surface area (Å²) in [4.78, 5) is 15.5. The molecule has 1 saturated carbocycles. The Balaban J connectivity index is 0.000000645. The number of benzene rings is 1. The molecule has 2 heterocycles. The van der Waals surface area contributed by atoms with Crippen LogP contribution in [0.1, 0.15) is 42.9 Å². The number of hydrogen-bond acceptors (Lipinski definition) is 5. The summed E-state index contributed by atoms with van der Waals surface area (Å²) in [7, 11) is 0. The molecule has 1 saturated heterocycles. The second-order valence-electron chi connectivity index (χ2n) is 8.42. The second kappa shape index (κ2) is 8.76. The molecule has 2 aromatic rings. The van der Waals surface area contributed by atoms with Gasteiger partial charge in [0.15, 0.2) is 0 Å². The van der Waals surface area contributed by atoms with Gasteiger partial charge in [-0.3, -0.25) is 4.79 Å². The first-order chi connectivity index (χ1) is 14.1. The zero-order chi connectivity index (χ0) is 20.3. The summed E-state index contributed by atoms with van der Waals surface area (Å²) in [6.07, 6.45) is 8.37. The molecule has 1 aromatic heterocycles. The van der Waals surface area contributed by atoms with Gasteiger partial charge in [0.1, 0.15) is 0 Å². The summed E-state index contributed by atoms with van der Waals surface area (Å²) in [5.74, 6) is 2.18. The maximum Gasteiger partial charge on any atom is 0.290 e. The molecule has 2 aliphatic carbocycles. The van der Waals surface area contributed by atoms with Crippen molar-refractivity contribution in [1.82, 2.24) is 4.98 Å². The molecule has 5 nitrogen and oxygen atoms in total. The molecule has 1 aromatic carbocycles. The van der Waals surface area contributed by atoms with Gasteiger partial charge in [-0.25, -0.2) is 4.98 Å². The maximum atomic E-state index is 8.36. The lowest BCUT2D eigenvalue weighted by atomic mass is 9.73. The molecule has 0 amide bonds. The fourth-order valence-electron chi connectivity index (χ4n) is 4.65. The van der Waals surface area contributed by atoms with Gasteiger partial charge in [0.05, 0.1) is 16.9 Å². The van der Waals surface area contributed by atoms with Crippen molar-refractivity contribution >= 4 is 23.9 Å². The quantitative estimate of drug-likeness (QED) is 0.582. The van der Waals surface area contributed by atoms with Gasteiger partial charge in [0.2, 0.25) is 0 Å². The Morgan fingerprint density at radius 1 is 1.21 bits per heavy atom. The van der Waals surface area contributed by atoms with E-state index in [1.165, 1.54) is 53.3 Å². The van der Waals surface area contributed by atoms with Crippen molar-refractivity contribution in [3.05, 3.63) is 53.7 Å². The van der Waals surface area contributed by atoms with Crippen molar-refractivity contribution in [2.75, 3.05) is 23.7 Å². The smallest absolute Gasteiger partial charge is 0.290 e. The van der Waals surface area contributed by atoms with Crippen LogP contribution >= 0.6 is 11.8 Å². The molecule has 0 unspecified atom stereocenters. The van der Waals surface area contributed by atoms with Crippen molar-refractivity contribution in [2.24, 2.45) is 17.1 Å². The van der Waals surface area contributed by atoms with Crippen LogP contribution in [0.15, 0.2) is 47.6 Å². The van der Waals surface area contributed by atoms with Gasteiger partial charge in [0.25, 0.3) is 6.47 Å². The van der Waals surface area contributed by atoms with E-state index in [4.69, 9.17) is 15.6 Å². The van der Waals surface area contributed by atoms with E-state index in [9.17, 15) is 0 Å². The largest absolute Gasteiger partial charge is 0.483 e. The molecule has 6 heteroatoms. The van der Waals surface area contributed by atoms with Crippen LogP contribution in [0, 0.1) is 11.3 Å². The Morgan fingerprint density at radius 2 is 1.93 bits per heavy atom. The van der Waals surface area contributed by atoms with E-state index in [0.717, 1.165) is 25.4 Å². The van der Waals surface area contributed by atoms with Gasteiger partial charge in [-0.15, -0.1) is 11.8 Å². The van der Waals surface area contributed by atoms with E-state index >= 15 is 0 Å². The van der Waals surface area contributed by atoms with Crippen molar-refractivity contribution < 1.29 is 9.90 Å². The van der Waals surface area contributed by atoms with Gasteiger partial charge >= 0.3 is 0 Å². The van der Waals surface area contributed by atoms with Crippen molar-refractivity contribution in [1.29, 1.82) is 0 Å². The van der Waals surface area contributed by atoms with E-state index in [0.29, 0.717) is 0 Å². The number of aromatic nitrogens is 1. The van der Waals surface area contributed by atoms with E-state index < -0.39 is 0 Å². The molecule has 2 fully saturated rings. The topological polar surface area (TPSA) is 79.5 Å². The molecule has 29 heavy (non-hydrogen) atoms. The number of nitrogens with zero attached hydrogens (tertiary/aromatic N) is 2. The number of hydrogen-bond donors (Lipinski definition) is 2. The SMILES string of the molecule is N[C@@H]1c2ccccc2CC12CCN(c1ccc(SCC3CC3)nc1)CC2.O=CO. The minimum atomic E-state index is -0.250. The zero-order valence-electron chi connectivity index (χ0n) is 16.7. The zero-order valence-corrected chi connectivity index (χ0v) is 17.5. The highest BCUT2D eigenvalue weighted by Crippen LogP contribution is 2.51. The first kappa shape index (κ1) is 20.2. The third-order valence-corrected chi connectivity index (χ3v) is 7.78. The van der Waals surface area contributed by atoms with Crippen LogP contribution < -0.4 is 10.6 Å². The minimum absolute atomic E-state index is 0.195. The van der Waals surface area contributed by atoms with E-state index in [2.05, 4.69) is 52.5 Å². The molecular formula is C23H29N3O2S. The number of rotatable bonds is 4. The molecule has 1 aliphatic heterocycles. The molecule has 3 N–H and O–H groups in total. The summed E-state index contributed by atoms with van der Waals surface area (Å²) in [5.41, 5.74) is 11.1. The lowest BCUT2D eigenvalue weighted by Crippen LogP contribution is -2.44. The standard InChI is InChI=1S/C22H27N3S.CH2O2/c23-21-19-4-2-1-3-17(19)13-22(21)9-11-25(12-10-22)18-7-8-20(24-14-18)26-15-16-5-6-16;2-1-3/h1-4,7-8,14,16,21H,5-6,9-13,15,23H2;1H,(H,2,3)/t21-;/m1./s1. The summed E-state index contributed by atoms with van der Waals surface area (Å²) in [5, 5.41) is 8.06. The summed E-state index contributed by atoms with van der Waals surface area (Å²) >= 11 is 1.91. The average molecular weight is 412 g/mol. The molecule has 154 valence electrons. The Kier molecular flexibility index (Phi) is 6.11. The van der Waals surface area contributed by atoms with Crippen LogP contribution in [-0.4, -0.2) is 35.4 Å². The maximum absolute atomic E-state index is 8.36. The number of carbonyl (C=O) groups is 1. The Morgan fingerprint density at radius 3 is 2.55 bits per heavy atom. The summed E-state index contributed by atoms with van der Waals surface area (Å²) < 4.78 is 0. The number of anilines is 1. The summed E-state index contributed by atoms with van der Waals surface area (Å²) in [6.45, 7) is 1.91. The Labute approximate surface area is 176 Å². The third kappa shape index (κ3) is 4.43. The highest BCUT2D eigenvalue weighted by Gasteiger charge is 2.45. The first-order valence-electron chi connectivity index (χ1n) is 10.4. The average Bonchev–Trinajstić information content (AvgIpc) is 3.54. The van der Waals surface area contributed by atoms with Crippen LogP contribution in [0.3, 0.4) is 0 Å². The van der Waals surface area contributed by atoms with E-state index in [1.54, 1.807) is 0 Å². The highest BCUT2D eigenvalue weighted by atomic mass is 32.2. The molecule has 1 spiro atoms. The van der Waals surface area contributed by atoms with Crippen LogP contribution in [0.5, 0.6) is 0 Å². The molecule has 0 bridgehead atoms. The van der Waals surface area contributed by atoms with Crippen LogP contribution in [-0.2, 0) is 11.2 Å². The minimum Gasteiger partial charge on any atom is -0.483 e. The van der Waals surface area contributed by atoms with E-state index in [1.807, 2.05) is 11.8 Å². The van der Waals surface area contributed by atoms with Gasteiger partial charge in [-0.05, 0) is 66.7 Å². The van der Waals surface area contributed by atoms with Gasteiger partial charge in [-0.1, -0.05) is 24.3 Å². The lowest BCUT2D eigenvalue weighted by Gasteiger charge is -2.43. The van der Waals surface area contributed by atoms with Crippen LogP contribution in [0.2, 0.25) is 0 Å². The van der Waals surface area contributed by atoms with Crippen molar-refractivity contribution in [2.45, 2.75) is 43.2 Å². The second-order valence-corrected chi connectivity index (χ2v) is 9.46. The fourth-order valence-corrected chi connectivity index (χ4v) is 5.68. The molecule has 1 atom stereocenters. The van der Waals surface area contributed by atoms with Crippen LogP contribution in [0.25, 0.3) is 0 Å². The van der Waals surface area contributed by atoms with Gasteiger partial charge in [0, 0.05) is 24.9 Å². The number of thioether (sulfide) groups is 1. The lowest BCUT2D eigenvalue weighted by molar-refractivity contribution is -0.122. The summed E-state index contributed by atoms with van der Waals surface area (Å²) in [6, 6.07) is 13.4. The number of fused-ring (bicyclic) bond motifs is 1. The van der Waals surface area contributed by atoms with Gasteiger partial charge < -0.3 is 15.7 Å².